The molecule has 5 heteroatoms. The van der Waals surface area contributed by atoms with E-state index in [1.165, 1.54) is 11.3 Å². The number of hydrogen-bond donors (Lipinski definition) is 0. The van der Waals surface area contributed by atoms with E-state index in [0.29, 0.717) is 4.53 Å². The van der Waals surface area contributed by atoms with Gasteiger partial charge in [-0.1, -0.05) is 66.8 Å². The number of hydrogen-bond acceptors (Lipinski definition) is 4. The molecule has 0 spiro atoms. The molecule has 0 amide bonds. The Morgan fingerprint density at radius 1 is 1.15 bits per heavy atom. The maximum atomic E-state index is 13.2. The van der Waals surface area contributed by atoms with Crippen molar-refractivity contribution in [3.8, 4) is 5.75 Å². The van der Waals surface area contributed by atoms with Crippen molar-refractivity contribution in [2.75, 3.05) is 0 Å². The van der Waals surface area contributed by atoms with Crippen molar-refractivity contribution in [1.29, 1.82) is 0 Å². The van der Waals surface area contributed by atoms with Gasteiger partial charge in [0.05, 0.1) is 10.6 Å². The van der Waals surface area contributed by atoms with Gasteiger partial charge in [-0.25, -0.2) is 4.99 Å². The first-order valence-corrected chi connectivity index (χ1v) is 9.54. The van der Waals surface area contributed by atoms with Crippen LogP contribution in [0.15, 0.2) is 64.4 Å². The minimum atomic E-state index is -0.652. The zero-order valence-corrected chi connectivity index (χ0v) is 15.4. The molecule has 0 saturated heterocycles. The van der Waals surface area contributed by atoms with Crippen LogP contribution in [0.1, 0.15) is 31.0 Å². The smallest absolute Gasteiger partial charge is 0.270 e. The maximum absolute atomic E-state index is 13.2. The summed E-state index contributed by atoms with van der Waals surface area (Å²) in [6, 6.07) is 17.8. The first-order chi connectivity index (χ1) is 12.6. The molecule has 2 bridgehead atoms. The van der Waals surface area contributed by atoms with Gasteiger partial charge in [0.25, 0.3) is 5.56 Å². The molecule has 2 aliphatic rings. The summed E-state index contributed by atoms with van der Waals surface area (Å²) in [5.74, 6) is 0.890. The fraction of sp³-hybridized carbons (Fsp3) is 0.238. The molecule has 5 rings (SSSR count). The highest BCUT2D eigenvalue weighted by Gasteiger charge is 2.48. The summed E-state index contributed by atoms with van der Waals surface area (Å²) in [6.45, 7) is 4.12. The van der Waals surface area contributed by atoms with Gasteiger partial charge in [-0.05, 0) is 24.6 Å². The number of nitrogens with zero attached hydrogens (tertiary/aromatic N) is 2. The second-order valence-corrected chi connectivity index (χ2v) is 8.03. The maximum Gasteiger partial charge on any atom is 0.270 e. The third kappa shape index (κ3) is 2.13. The van der Waals surface area contributed by atoms with Crippen LogP contribution >= 0.6 is 11.3 Å². The van der Waals surface area contributed by atoms with Gasteiger partial charge in [-0.15, -0.1) is 0 Å². The highest BCUT2D eigenvalue weighted by Crippen LogP contribution is 2.46. The fourth-order valence-electron chi connectivity index (χ4n) is 3.88. The average molecular weight is 362 g/mol. The Balaban J connectivity index is 1.80. The summed E-state index contributed by atoms with van der Waals surface area (Å²) in [4.78, 5) is 18.8. The van der Waals surface area contributed by atoms with Crippen LogP contribution in [-0.4, -0.2) is 10.3 Å². The molecule has 130 valence electrons. The fourth-order valence-corrected chi connectivity index (χ4v) is 4.98. The first-order valence-electron chi connectivity index (χ1n) is 8.73. The zero-order chi connectivity index (χ0) is 17.9. The Hall–Kier alpha value is -2.66. The van der Waals surface area contributed by atoms with Gasteiger partial charge in [-0.2, -0.15) is 0 Å². The number of benzene rings is 2. The molecule has 2 aliphatic heterocycles. The number of thiazole rings is 1. The Labute approximate surface area is 154 Å². The van der Waals surface area contributed by atoms with E-state index in [4.69, 9.17) is 9.73 Å². The molecule has 26 heavy (non-hydrogen) atoms. The summed E-state index contributed by atoms with van der Waals surface area (Å²) >= 11 is 1.44. The van der Waals surface area contributed by atoms with Crippen LogP contribution < -0.4 is 19.6 Å². The molecule has 0 radical (unpaired) electrons. The van der Waals surface area contributed by atoms with Gasteiger partial charge < -0.3 is 4.74 Å². The highest BCUT2D eigenvalue weighted by molar-refractivity contribution is 7.07. The van der Waals surface area contributed by atoms with E-state index in [9.17, 15) is 4.79 Å². The predicted octanol–water partition coefficient (Wildman–Crippen LogP) is 2.71. The lowest BCUT2D eigenvalue weighted by molar-refractivity contribution is -0.0121. The van der Waals surface area contributed by atoms with E-state index < -0.39 is 5.72 Å². The lowest BCUT2D eigenvalue weighted by Gasteiger charge is -2.45. The molecule has 3 heterocycles. The monoisotopic (exact) mass is 362 g/mol. The number of fused-ring (bicyclic) bond motifs is 6. The van der Waals surface area contributed by atoms with Crippen molar-refractivity contribution in [1.82, 2.24) is 4.57 Å². The summed E-state index contributed by atoms with van der Waals surface area (Å²) in [5, 5.41) is 0. The van der Waals surface area contributed by atoms with Crippen LogP contribution in [0.3, 0.4) is 0 Å². The number of para-hydroxylation sites is 1. The lowest BCUT2D eigenvalue weighted by atomic mass is 9.83. The minimum Gasteiger partial charge on any atom is -0.466 e. The second-order valence-electron chi connectivity index (χ2n) is 7.02. The SMILES string of the molecule is C[C@H]1[C@H]2c3ccccc3O[C@]1(C)N=c1s/c(=C\c3ccccc3)c(=O)n12. The minimum absolute atomic E-state index is 0.0215. The summed E-state index contributed by atoms with van der Waals surface area (Å²) in [7, 11) is 0. The van der Waals surface area contributed by atoms with Gasteiger partial charge in [0.2, 0.25) is 5.72 Å². The Morgan fingerprint density at radius 2 is 1.88 bits per heavy atom. The third-order valence-corrected chi connectivity index (χ3v) is 6.39. The van der Waals surface area contributed by atoms with E-state index in [-0.39, 0.29) is 17.5 Å². The highest BCUT2D eigenvalue weighted by atomic mass is 32.1. The average Bonchev–Trinajstić information content (AvgIpc) is 2.91. The number of aromatic nitrogens is 1. The number of ether oxygens (including phenoxy) is 1. The van der Waals surface area contributed by atoms with E-state index in [1.807, 2.05) is 66.1 Å². The van der Waals surface area contributed by atoms with Gasteiger partial charge in [0.15, 0.2) is 4.80 Å². The summed E-state index contributed by atoms with van der Waals surface area (Å²) < 4.78 is 8.80. The molecule has 0 fully saturated rings. The molecule has 3 aromatic rings. The van der Waals surface area contributed by atoms with Crippen molar-refractivity contribution >= 4 is 17.4 Å². The van der Waals surface area contributed by atoms with Crippen molar-refractivity contribution < 1.29 is 4.74 Å². The number of rotatable bonds is 1. The quantitative estimate of drug-likeness (QED) is 0.668. The van der Waals surface area contributed by atoms with Crippen LogP contribution in [0, 0.1) is 5.92 Å². The molecule has 0 unspecified atom stereocenters. The largest absolute Gasteiger partial charge is 0.466 e. The van der Waals surface area contributed by atoms with Crippen LogP contribution in [0.4, 0.5) is 0 Å². The van der Waals surface area contributed by atoms with Gasteiger partial charge in [0, 0.05) is 11.5 Å². The standard InChI is InChI=1S/C21H18N2O2S/c1-13-18-15-10-6-7-11-16(15)25-21(13,2)22-20-23(18)19(24)17(26-20)12-14-8-4-3-5-9-14/h3-13,18H,1-2H3/b17-12-/t13-,18-,21-/m0/s1. The van der Waals surface area contributed by atoms with Crippen molar-refractivity contribution in [2.45, 2.75) is 25.6 Å². The van der Waals surface area contributed by atoms with E-state index in [0.717, 1.165) is 21.7 Å². The van der Waals surface area contributed by atoms with Crippen LogP contribution in [0.5, 0.6) is 5.75 Å². The third-order valence-electron chi connectivity index (χ3n) is 5.40. The second kappa shape index (κ2) is 5.42. The lowest BCUT2D eigenvalue weighted by Crippen LogP contribution is -2.54. The van der Waals surface area contributed by atoms with Crippen LogP contribution in [-0.2, 0) is 0 Å². The molecule has 3 atom stereocenters. The van der Waals surface area contributed by atoms with E-state index in [1.54, 1.807) is 0 Å². The molecule has 0 aliphatic carbocycles. The molecule has 0 saturated carbocycles. The van der Waals surface area contributed by atoms with Gasteiger partial charge in [0.1, 0.15) is 5.75 Å². The van der Waals surface area contributed by atoms with E-state index in [2.05, 4.69) is 13.0 Å². The molecular formula is C21H18N2O2S. The van der Waals surface area contributed by atoms with Gasteiger partial charge >= 0.3 is 0 Å². The Kier molecular flexibility index (Phi) is 3.25. The van der Waals surface area contributed by atoms with Gasteiger partial charge in [-0.3, -0.25) is 9.36 Å². The van der Waals surface area contributed by atoms with Crippen molar-refractivity contribution in [2.24, 2.45) is 10.9 Å². The van der Waals surface area contributed by atoms with E-state index >= 15 is 0 Å². The normalized spacial score (nSPS) is 26.5. The first kappa shape index (κ1) is 15.6. The molecule has 0 N–H and O–H groups in total. The summed E-state index contributed by atoms with van der Waals surface area (Å²) in [6.07, 6.45) is 1.94. The summed E-state index contributed by atoms with van der Waals surface area (Å²) in [5.41, 5.74) is 1.44. The van der Waals surface area contributed by atoms with Crippen LogP contribution in [0.25, 0.3) is 6.08 Å². The zero-order valence-electron chi connectivity index (χ0n) is 14.5. The van der Waals surface area contributed by atoms with Crippen molar-refractivity contribution in [3.63, 3.8) is 0 Å². The molecule has 4 nitrogen and oxygen atoms in total. The Morgan fingerprint density at radius 3 is 2.69 bits per heavy atom. The Bertz CT molecular complexity index is 1180. The molecular weight excluding hydrogens is 344 g/mol. The van der Waals surface area contributed by atoms with Crippen molar-refractivity contribution in [3.05, 3.63) is 85.4 Å². The molecule has 2 aromatic carbocycles. The van der Waals surface area contributed by atoms with Crippen LogP contribution in [0.2, 0.25) is 0 Å². The topological polar surface area (TPSA) is 43.6 Å². The predicted molar refractivity (Wildman–Crippen MR) is 102 cm³/mol. The molecule has 1 aromatic heterocycles.